The van der Waals surface area contributed by atoms with Gasteiger partial charge in [0.05, 0.1) is 10.8 Å². The summed E-state index contributed by atoms with van der Waals surface area (Å²) >= 11 is 0. The zero-order valence-electron chi connectivity index (χ0n) is 15.6. The zero-order chi connectivity index (χ0) is 19.7. The van der Waals surface area contributed by atoms with E-state index in [0.29, 0.717) is 24.6 Å². The van der Waals surface area contributed by atoms with E-state index in [1.54, 1.807) is 19.1 Å². The lowest BCUT2D eigenvalue weighted by Crippen LogP contribution is -2.37. The third-order valence-corrected chi connectivity index (χ3v) is 5.88. The first-order valence-corrected chi connectivity index (χ1v) is 9.36. The van der Waals surface area contributed by atoms with Gasteiger partial charge in [0, 0.05) is 37.3 Å². The number of amides is 1. The van der Waals surface area contributed by atoms with Crippen molar-refractivity contribution in [2.75, 3.05) is 24.5 Å². The molecule has 2 fully saturated rings. The molecule has 2 aliphatic rings. The number of hydrogen-bond acceptors (Lipinski definition) is 5. The molecule has 3 rings (SSSR count). The Morgan fingerprint density at radius 3 is 2.37 bits per heavy atom. The second-order valence-corrected chi connectivity index (χ2v) is 7.60. The first kappa shape index (κ1) is 19.1. The Morgan fingerprint density at radius 1 is 1.15 bits per heavy atom. The summed E-state index contributed by atoms with van der Waals surface area (Å²) in [6.07, 6.45) is 2.37. The molecule has 1 aromatic rings. The van der Waals surface area contributed by atoms with Crippen molar-refractivity contribution in [3.63, 3.8) is 0 Å². The highest BCUT2D eigenvalue weighted by Crippen LogP contribution is 2.33. The maximum Gasteiger partial charge on any atom is 0.308 e. The molecule has 0 aromatic heterocycles. The predicted octanol–water partition coefficient (Wildman–Crippen LogP) is 2.77. The van der Waals surface area contributed by atoms with Crippen LogP contribution in [0, 0.1) is 22.0 Å². The summed E-state index contributed by atoms with van der Waals surface area (Å²) < 4.78 is 0. The molecule has 0 radical (unpaired) electrons. The number of nitrogens with zero attached hydrogens (tertiary/aromatic N) is 3. The van der Waals surface area contributed by atoms with Gasteiger partial charge in [-0.3, -0.25) is 19.7 Å². The molecule has 8 nitrogen and oxygen atoms in total. The monoisotopic (exact) mass is 375 g/mol. The fourth-order valence-electron chi connectivity index (χ4n) is 4.04. The number of nitro benzene ring substituents is 1. The van der Waals surface area contributed by atoms with Crippen molar-refractivity contribution in [1.82, 2.24) is 4.90 Å². The van der Waals surface area contributed by atoms with Gasteiger partial charge in [-0.2, -0.15) is 0 Å². The third kappa shape index (κ3) is 3.74. The van der Waals surface area contributed by atoms with Crippen LogP contribution in [0.3, 0.4) is 0 Å². The second-order valence-electron chi connectivity index (χ2n) is 7.60. The second kappa shape index (κ2) is 7.54. The number of piperidine rings is 1. The summed E-state index contributed by atoms with van der Waals surface area (Å²) in [6, 6.07) is 4.16. The predicted molar refractivity (Wildman–Crippen MR) is 99.9 cm³/mol. The van der Waals surface area contributed by atoms with Crippen LogP contribution >= 0.6 is 0 Å². The molecule has 1 aromatic carbocycles. The minimum Gasteiger partial charge on any atom is -0.481 e. The number of benzene rings is 1. The van der Waals surface area contributed by atoms with Crippen LogP contribution in [0.25, 0.3) is 0 Å². The van der Waals surface area contributed by atoms with E-state index in [1.807, 2.05) is 4.90 Å². The first-order chi connectivity index (χ1) is 12.8. The lowest BCUT2D eigenvalue weighted by atomic mass is 9.98. The van der Waals surface area contributed by atoms with Gasteiger partial charge in [0.15, 0.2) is 0 Å². The summed E-state index contributed by atoms with van der Waals surface area (Å²) in [5.41, 5.74) is 0.701. The number of carboxylic acids is 1. The summed E-state index contributed by atoms with van der Waals surface area (Å²) in [4.78, 5) is 38.8. The number of carbonyl (C=O) groups is 2. The molecule has 1 N–H and O–H groups in total. The number of carbonyl (C=O) groups excluding carboxylic acids is 1. The Balaban J connectivity index is 1.85. The van der Waals surface area contributed by atoms with Gasteiger partial charge >= 0.3 is 5.97 Å². The van der Waals surface area contributed by atoms with Crippen LogP contribution in [0.15, 0.2) is 18.2 Å². The average Bonchev–Trinajstić information content (AvgIpc) is 3.03. The van der Waals surface area contributed by atoms with E-state index in [1.165, 1.54) is 11.0 Å². The standard InChI is InChI=1S/C19H25N3O5/c1-12-5-8-20(9-6-12)16-4-3-14(11-17(16)22(26)27)18(23)21-10-7-15(13(21)2)19(24)25/h3-4,11-13,15H,5-10H2,1-2H3,(H,24,25). The summed E-state index contributed by atoms with van der Waals surface area (Å²) in [5, 5.41) is 20.8. The van der Waals surface area contributed by atoms with E-state index in [9.17, 15) is 24.8 Å². The maximum absolute atomic E-state index is 12.8. The number of nitro groups is 1. The van der Waals surface area contributed by atoms with Gasteiger partial charge in [-0.1, -0.05) is 6.92 Å². The Hall–Kier alpha value is -2.64. The van der Waals surface area contributed by atoms with Gasteiger partial charge in [0.1, 0.15) is 5.69 Å². The average molecular weight is 375 g/mol. The summed E-state index contributed by atoms with van der Waals surface area (Å²) in [6.45, 7) is 5.75. The Labute approximate surface area is 157 Å². The number of rotatable bonds is 4. The van der Waals surface area contributed by atoms with Gasteiger partial charge in [-0.15, -0.1) is 0 Å². The SMILES string of the molecule is CC1CCN(c2ccc(C(=O)N3CCC(C(=O)O)C3C)cc2[N+](=O)[O-])CC1. The Kier molecular flexibility index (Phi) is 5.34. The molecule has 0 saturated carbocycles. The van der Waals surface area contributed by atoms with Crippen molar-refractivity contribution in [2.45, 2.75) is 39.2 Å². The van der Waals surface area contributed by atoms with Crippen LogP contribution in [0.5, 0.6) is 0 Å². The molecule has 2 unspecified atom stereocenters. The zero-order valence-corrected chi connectivity index (χ0v) is 15.6. The van der Waals surface area contributed by atoms with E-state index >= 15 is 0 Å². The van der Waals surface area contributed by atoms with Crippen LogP contribution in [0.4, 0.5) is 11.4 Å². The van der Waals surface area contributed by atoms with Gasteiger partial charge < -0.3 is 14.9 Å². The topological polar surface area (TPSA) is 104 Å². The van der Waals surface area contributed by atoms with Crippen molar-refractivity contribution in [2.24, 2.45) is 11.8 Å². The van der Waals surface area contributed by atoms with Crippen LogP contribution < -0.4 is 4.90 Å². The van der Waals surface area contributed by atoms with Crippen LogP contribution in [-0.4, -0.2) is 52.5 Å². The van der Waals surface area contributed by atoms with E-state index in [4.69, 9.17) is 0 Å². The van der Waals surface area contributed by atoms with Crippen molar-refractivity contribution >= 4 is 23.3 Å². The Bertz CT molecular complexity index is 758. The van der Waals surface area contributed by atoms with Crippen LogP contribution in [-0.2, 0) is 4.79 Å². The minimum atomic E-state index is -0.918. The van der Waals surface area contributed by atoms with Gasteiger partial charge in [-0.25, -0.2) is 0 Å². The van der Waals surface area contributed by atoms with E-state index < -0.39 is 22.9 Å². The molecule has 8 heteroatoms. The number of anilines is 1. The van der Waals surface area contributed by atoms with E-state index in [-0.39, 0.29) is 17.2 Å². The fraction of sp³-hybridized carbons (Fsp3) is 0.579. The third-order valence-electron chi connectivity index (χ3n) is 5.88. The van der Waals surface area contributed by atoms with E-state index in [0.717, 1.165) is 25.9 Å². The lowest BCUT2D eigenvalue weighted by molar-refractivity contribution is -0.384. The van der Waals surface area contributed by atoms with E-state index in [2.05, 4.69) is 6.92 Å². The van der Waals surface area contributed by atoms with Crippen LogP contribution in [0.1, 0.15) is 43.5 Å². The smallest absolute Gasteiger partial charge is 0.308 e. The fourth-order valence-corrected chi connectivity index (χ4v) is 4.04. The summed E-state index contributed by atoms with van der Waals surface area (Å²) in [5.74, 6) is -1.26. The minimum absolute atomic E-state index is 0.0722. The van der Waals surface area contributed by atoms with Crippen molar-refractivity contribution in [3.05, 3.63) is 33.9 Å². The molecule has 0 bridgehead atoms. The molecular formula is C19H25N3O5. The Morgan fingerprint density at radius 2 is 1.81 bits per heavy atom. The summed E-state index contributed by atoms with van der Waals surface area (Å²) in [7, 11) is 0. The highest BCUT2D eigenvalue weighted by Gasteiger charge is 2.38. The number of hydrogen-bond donors (Lipinski definition) is 1. The van der Waals surface area contributed by atoms with Gasteiger partial charge in [-0.05, 0) is 44.2 Å². The molecule has 0 spiro atoms. The quantitative estimate of drug-likeness (QED) is 0.641. The van der Waals surface area contributed by atoms with Crippen molar-refractivity contribution in [3.8, 4) is 0 Å². The number of carboxylic acid groups (broad SMARTS) is 1. The molecule has 146 valence electrons. The molecule has 1 amide bonds. The number of likely N-dealkylation sites (tertiary alicyclic amines) is 1. The molecule has 0 aliphatic carbocycles. The molecule has 2 heterocycles. The molecule has 2 saturated heterocycles. The molecule has 2 atom stereocenters. The largest absolute Gasteiger partial charge is 0.481 e. The highest BCUT2D eigenvalue weighted by atomic mass is 16.6. The van der Waals surface area contributed by atoms with Crippen molar-refractivity contribution < 1.29 is 19.6 Å². The highest BCUT2D eigenvalue weighted by molar-refractivity contribution is 5.96. The van der Waals surface area contributed by atoms with Crippen LogP contribution in [0.2, 0.25) is 0 Å². The van der Waals surface area contributed by atoms with Gasteiger partial charge in [0.2, 0.25) is 0 Å². The van der Waals surface area contributed by atoms with Gasteiger partial charge in [0.25, 0.3) is 11.6 Å². The normalized spacial score (nSPS) is 23.5. The first-order valence-electron chi connectivity index (χ1n) is 9.36. The molecule has 27 heavy (non-hydrogen) atoms. The maximum atomic E-state index is 12.8. The molecule has 2 aliphatic heterocycles. The molecular weight excluding hydrogens is 350 g/mol. The van der Waals surface area contributed by atoms with Crippen molar-refractivity contribution in [1.29, 1.82) is 0 Å². The number of aliphatic carboxylic acids is 1. The lowest BCUT2D eigenvalue weighted by Gasteiger charge is -2.32.